The number of hydrogen-bond acceptors (Lipinski definition) is 3. The molecule has 0 aromatic heterocycles. The van der Waals surface area contributed by atoms with Crippen LogP contribution in [0.1, 0.15) is 40.5 Å². The summed E-state index contributed by atoms with van der Waals surface area (Å²) in [5.74, 6) is 2.16. The predicted molar refractivity (Wildman–Crippen MR) is 89.4 cm³/mol. The van der Waals surface area contributed by atoms with Gasteiger partial charge in [-0.05, 0) is 52.5 Å². The predicted octanol–water partition coefficient (Wildman–Crippen LogP) is 2.07. The molecule has 3 N–H and O–H groups in total. The molecule has 0 unspecified atom stereocenters. The van der Waals surface area contributed by atoms with Crippen LogP contribution in [0.5, 0.6) is 0 Å². The summed E-state index contributed by atoms with van der Waals surface area (Å²) in [4.78, 5) is 4.58. The largest absolute Gasteiger partial charge is 0.357 e. The van der Waals surface area contributed by atoms with E-state index in [1.807, 2.05) is 11.8 Å². The number of hydrogen-bond donors (Lipinski definition) is 3. The van der Waals surface area contributed by atoms with Crippen molar-refractivity contribution < 1.29 is 0 Å². The molecular formula is C14H32N4S. The highest BCUT2D eigenvalue weighted by molar-refractivity contribution is 7.98. The number of nitrogens with zero attached hydrogens (tertiary/aromatic N) is 1. The SMILES string of the molecule is CCNC(=NCCCCSC)NCCNC(C)(C)C. The zero-order valence-electron chi connectivity index (χ0n) is 13.3. The highest BCUT2D eigenvalue weighted by atomic mass is 32.2. The maximum Gasteiger partial charge on any atom is 0.191 e. The Hall–Kier alpha value is -0.420. The van der Waals surface area contributed by atoms with E-state index in [2.05, 4.69) is 54.9 Å². The van der Waals surface area contributed by atoms with E-state index in [1.165, 1.54) is 12.2 Å². The Labute approximate surface area is 123 Å². The van der Waals surface area contributed by atoms with Gasteiger partial charge in [0.15, 0.2) is 5.96 Å². The van der Waals surface area contributed by atoms with Crippen molar-refractivity contribution in [2.75, 3.05) is 38.2 Å². The molecule has 0 aromatic rings. The second-order valence-corrected chi connectivity index (χ2v) is 6.55. The summed E-state index contributed by atoms with van der Waals surface area (Å²) in [6.45, 7) is 12.3. The van der Waals surface area contributed by atoms with E-state index >= 15 is 0 Å². The average Bonchev–Trinajstić information content (AvgIpc) is 2.33. The van der Waals surface area contributed by atoms with Crippen LogP contribution in [0.25, 0.3) is 0 Å². The lowest BCUT2D eigenvalue weighted by Gasteiger charge is -2.21. The van der Waals surface area contributed by atoms with Crippen LogP contribution < -0.4 is 16.0 Å². The van der Waals surface area contributed by atoms with Crippen LogP contribution in [0.15, 0.2) is 4.99 Å². The Balaban J connectivity index is 3.81. The molecule has 4 nitrogen and oxygen atoms in total. The van der Waals surface area contributed by atoms with Gasteiger partial charge >= 0.3 is 0 Å². The van der Waals surface area contributed by atoms with Gasteiger partial charge in [-0.15, -0.1) is 0 Å². The van der Waals surface area contributed by atoms with Gasteiger partial charge in [-0.3, -0.25) is 4.99 Å². The van der Waals surface area contributed by atoms with Crippen LogP contribution in [-0.4, -0.2) is 49.7 Å². The highest BCUT2D eigenvalue weighted by Crippen LogP contribution is 1.99. The molecule has 0 heterocycles. The Bertz CT molecular complexity index is 236. The molecule has 0 saturated carbocycles. The fourth-order valence-electron chi connectivity index (χ4n) is 1.51. The zero-order chi connectivity index (χ0) is 14.6. The molecule has 114 valence electrons. The van der Waals surface area contributed by atoms with E-state index in [-0.39, 0.29) is 5.54 Å². The third-order valence-corrected chi connectivity index (χ3v) is 3.14. The van der Waals surface area contributed by atoms with Crippen molar-refractivity contribution in [1.29, 1.82) is 0 Å². The van der Waals surface area contributed by atoms with E-state index in [4.69, 9.17) is 0 Å². The zero-order valence-corrected chi connectivity index (χ0v) is 14.1. The lowest BCUT2D eigenvalue weighted by atomic mass is 10.1. The Morgan fingerprint density at radius 3 is 2.42 bits per heavy atom. The normalized spacial score (nSPS) is 12.6. The molecular weight excluding hydrogens is 256 g/mol. The van der Waals surface area contributed by atoms with Crippen molar-refractivity contribution in [3.8, 4) is 0 Å². The molecule has 0 aliphatic heterocycles. The first-order chi connectivity index (χ1) is 8.99. The molecule has 0 bridgehead atoms. The first-order valence-electron chi connectivity index (χ1n) is 7.25. The van der Waals surface area contributed by atoms with E-state index in [0.29, 0.717) is 0 Å². The van der Waals surface area contributed by atoms with Crippen LogP contribution in [0.4, 0.5) is 0 Å². The van der Waals surface area contributed by atoms with Crippen molar-refractivity contribution in [3.05, 3.63) is 0 Å². The van der Waals surface area contributed by atoms with Gasteiger partial charge in [0.05, 0.1) is 0 Å². The summed E-state index contributed by atoms with van der Waals surface area (Å²) < 4.78 is 0. The van der Waals surface area contributed by atoms with Crippen molar-refractivity contribution in [2.24, 2.45) is 4.99 Å². The quantitative estimate of drug-likeness (QED) is 0.345. The Kier molecular flexibility index (Phi) is 11.2. The Morgan fingerprint density at radius 1 is 1.11 bits per heavy atom. The minimum Gasteiger partial charge on any atom is -0.357 e. The van der Waals surface area contributed by atoms with E-state index in [0.717, 1.165) is 38.6 Å². The number of unbranched alkanes of at least 4 members (excludes halogenated alkanes) is 1. The van der Waals surface area contributed by atoms with Gasteiger partial charge in [-0.1, -0.05) is 0 Å². The molecule has 19 heavy (non-hydrogen) atoms. The fraction of sp³-hybridized carbons (Fsp3) is 0.929. The summed E-state index contributed by atoms with van der Waals surface area (Å²) in [6.07, 6.45) is 4.56. The van der Waals surface area contributed by atoms with E-state index < -0.39 is 0 Å². The maximum absolute atomic E-state index is 4.58. The molecule has 0 aromatic carbocycles. The van der Waals surface area contributed by atoms with E-state index in [1.54, 1.807) is 0 Å². The lowest BCUT2D eigenvalue weighted by molar-refractivity contribution is 0.428. The number of nitrogens with one attached hydrogen (secondary N) is 3. The maximum atomic E-state index is 4.58. The first-order valence-corrected chi connectivity index (χ1v) is 8.65. The van der Waals surface area contributed by atoms with Crippen LogP contribution in [0.2, 0.25) is 0 Å². The monoisotopic (exact) mass is 288 g/mol. The number of thioether (sulfide) groups is 1. The molecule has 0 amide bonds. The summed E-state index contributed by atoms with van der Waals surface area (Å²) in [5, 5.41) is 10.1. The summed E-state index contributed by atoms with van der Waals surface area (Å²) >= 11 is 1.90. The molecule has 5 heteroatoms. The molecule has 0 spiro atoms. The second kappa shape index (κ2) is 11.4. The van der Waals surface area contributed by atoms with Crippen molar-refractivity contribution in [1.82, 2.24) is 16.0 Å². The average molecular weight is 289 g/mol. The molecule has 0 aliphatic carbocycles. The molecule has 0 rings (SSSR count). The number of aliphatic imine (C=N–C) groups is 1. The minimum atomic E-state index is 0.176. The molecule has 0 fully saturated rings. The van der Waals surface area contributed by atoms with Crippen molar-refractivity contribution >= 4 is 17.7 Å². The number of guanidine groups is 1. The fourth-order valence-corrected chi connectivity index (χ4v) is 2.00. The molecule has 0 saturated heterocycles. The molecule has 0 radical (unpaired) electrons. The van der Waals surface area contributed by atoms with Crippen LogP contribution in [0, 0.1) is 0 Å². The lowest BCUT2D eigenvalue weighted by Crippen LogP contribution is -2.44. The second-order valence-electron chi connectivity index (χ2n) is 5.56. The Morgan fingerprint density at radius 2 is 1.84 bits per heavy atom. The molecule has 0 atom stereocenters. The standard InChI is InChI=1S/C14H32N4S/c1-6-15-13(16-9-7-8-12-19-5)17-10-11-18-14(2,3)4/h18H,6-12H2,1-5H3,(H2,15,16,17). The van der Waals surface area contributed by atoms with Crippen molar-refractivity contribution in [2.45, 2.75) is 46.1 Å². The first kappa shape index (κ1) is 18.6. The van der Waals surface area contributed by atoms with Gasteiger partial charge in [-0.2, -0.15) is 11.8 Å². The highest BCUT2D eigenvalue weighted by Gasteiger charge is 2.07. The van der Waals surface area contributed by atoms with Crippen LogP contribution >= 0.6 is 11.8 Å². The minimum absolute atomic E-state index is 0.176. The van der Waals surface area contributed by atoms with Crippen LogP contribution in [0.3, 0.4) is 0 Å². The van der Waals surface area contributed by atoms with E-state index in [9.17, 15) is 0 Å². The van der Waals surface area contributed by atoms with Gasteiger partial charge in [0, 0.05) is 31.7 Å². The van der Waals surface area contributed by atoms with Gasteiger partial charge in [-0.25, -0.2) is 0 Å². The summed E-state index contributed by atoms with van der Waals surface area (Å²) in [5.41, 5.74) is 0.176. The summed E-state index contributed by atoms with van der Waals surface area (Å²) in [7, 11) is 0. The topological polar surface area (TPSA) is 48.5 Å². The smallest absolute Gasteiger partial charge is 0.191 e. The van der Waals surface area contributed by atoms with Gasteiger partial charge in [0.25, 0.3) is 0 Å². The number of rotatable bonds is 9. The summed E-state index contributed by atoms with van der Waals surface area (Å²) in [6, 6.07) is 0. The van der Waals surface area contributed by atoms with Gasteiger partial charge in [0.1, 0.15) is 0 Å². The third-order valence-electron chi connectivity index (χ3n) is 2.44. The molecule has 0 aliphatic rings. The van der Waals surface area contributed by atoms with Gasteiger partial charge in [0.2, 0.25) is 0 Å². The van der Waals surface area contributed by atoms with Gasteiger partial charge < -0.3 is 16.0 Å². The van der Waals surface area contributed by atoms with Crippen LogP contribution in [-0.2, 0) is 0 Å². The van der Waals surface area contributed by atoms with Crippen molar-refractivity contribution in [3.63, 3.8) is 0 Å². The third kappa shape index (κ3) is 13.8.